The van der Waals surface area contributed by atoms with Gasteiger partial charge in [-0.05, 0) is 44.9 Å². The topological polar surface area (TPSA) is 92.0 Å². The number of benzene rings is 2. The van der Waals surface area contributed by atoms with Crippen LogP contribution in [-0.2, 0) is 9.53 Å². The monoisotopic (exact) mass is 511 g/mol. The predicted octanol–water partition coefficient (Wildman–Crippen LogP) is 5.32. The molecule has 1 saturated carbocycles. The van der Waals surface area contributed by atoms with E-state index in [1.54, 1.807) is 32.0 Å². The Kier molecular flexibility index (Phi) is 8.25. The zero-order valence-electron chi connectivity index (χ0n) is 20.7. The Labute approximate surface area is 214 Å². The minimum Gasteiger partial charge on any atom is -0.493 e. The molecule has 3 aromatic rings. The maximum atomic E-state index is 13.5. The van der Waals surface area contributed by atoms with Gasteiger partial charge in [0.2, 0.25) is 0 Å². The van der Waals surface area contributed by atoms with Crippen LogP contribution in [0.4, 0.5) is 0 Å². The van der Waals surface area contributed by atoms with Crippen LogP contribution < -0.4 is 15.0 Å². The molecule has 1 fully saturated rings. The Morgan fingerprint density at radius 3 is 2.72 bits per heavy atom. The van der Waals surface area contributed by atoms with Crippen LogP contribution >= 0.6 is 11.6 Å². The molecule has 1 aromatic heterocycles. The van der Waals surface area contributed by atoms with E-state index >= 15 is 0 Å². The summed E-state index contributed by atoms with van der Waals surface area (Å²) in [5.41, 5.74) is 0.866. The molecule has 0 amide bonds. The number of esters is 1. The Hall–Kier alpha value is -3.39. The lowest BCUT2D eigenvalue weighted by molar-refractivity contribution is -0.150. The lowest BCUT2D eigenvalue weighted by Gasteiger charge is -2.23. The number of nitrogens with zero attached hydrogens (tertiary/aromatic N) is 3. The van der Waals surface area contributed by atoms with Crippen molar-refractivity contribution >= 4 is 34.7 Å². The van der Waals surface area contributed by atoms with Crippen LogP contribution in [0.5, 0.6) is 11.5 Å². The molecular weight excluding hydrogens is 482 g/mol. The molecule has 190 valence electrons. The Morgan fingerprint density at radius 2 is 2.00 bits per heavy atom. The van der Waals surface area contributed by atoms with E-state index in [1.807, 2.05) is 18.2 Å². The van der Waals surface area contributed by atoms with Crippen molar-refractivity contribution in [3.05, 3.63) is 63.2 Å². The number of para-hydroxylation sites is 1. The van der Waals surface area contributed by atoms with Crippen molar-refractivity contribution in [1.82, 2.24) is 9.66 Å². The van der Waals surface area contributed by atoms with Crippen molar-refractivity contribution in [3.63, 3.8) is 0 Å². The molecule has 1 aliphatic carbocycles. The van der Waals surface area contributed by atoms with Crippen LogP contribution in [0.25, 0.3) is 10.9 Å². The van der Waals surface area contributed by atoms with Gasteiger partial charge in [0.25, 0.3) is 5.56 Å². The van der Waals surface area contributed by atoms with Gasteiger partial charge >= 0.3 is 5.97 Å². The van der Waals surface area contributed by atoms with Gasteiger partial charge in [-0.25, -0.2) is 9.78 Å². The average Bonchev–Trinajstić information content (AvgIpc) is 2.89. The molecule has 0 spiro atoms. The van der Waals surface area contributed by atoms with Gasteiger partial charge < -0.3 is 14.2 Å². The highest BCUT2D eigenvalue weighted by Gasteiger charge is 2.23. The van der Waals surface area contributed by atoms with Crippen LogP contribution in [0.2, 0.25) is 5.02 Å². The summed E-state index contributed by atoms with van der Waals surface area (Å²) >= 11 is 6.32. The number of ether oxygens (including phenoxy) is 3. The van der Waals surface area contributed by atoms with Crippen molar-refractivity contribution in [2.45, 2.75) is 58.0 Å². The molecule has 8 nitrogen and oxygen atoms in total. The van der Waals surface area contributed by atoms with Crippen molar-refractivity contribution in [2.24, 2.45) is 5.10 Å². The normalized spacial score (nSPS) is 15.2. The zero-order chi connectivity index (χ0) is 25.7. The molecule has 1 aliphatic rings. The molecule has 0 saturated heterocycles. The number of carbonyl (C=O) groups is 1. The number of hydrogen-bond acceptors (Lipinski definition) is 7. The van der Waals surface area contributed by atoms with Crippen molar-refractivity contribution in [2.75, 3.05) is 13.7 Å². The first kappa shape index (κ1) is 25.7. The molecular formula is C27H30ClN3O5. The van der Waals surface area contributed by atoms with Gasteiger partial charge in [0.05, 0.1) is 30.8 Å². The van der Waals surface area contributed by atoms with Crippen molar-refractivity contribution in [3.8, 4) is 11.5 Å². The third-order valence-corrected chi connectivity index (χ3v) is 6.46. The number of carbonyl (C=O) groups excluding carboxylic acids is 1. The van der Waals surface area contributed by atoms with E-state index in [4.69, 9.17) is 30.8 Å². The lowest BCUT2D eigenvalue weighted by Crippen LogP contribution is -2.27. The van der Waals surface area contributed by atoms with Gasteiger partial charge in [0.15, 0.2) is 17.6 Å². The summed E-state index contributed by atoms with van der Waals surface area (Å²) in [5.74, 6) is 0.878. The number of hydrogen-bond donors (Lipinski definition) is 0. The van der Waals surface area contributed by atoms with Gasteiger partial charge in [-0.1, -0.05) is 43.0 Å². The second-order valence-corrected chi connectivity index (χ2v) is 9.16. The van der Waals surface area contributed by atoms with Crippen LogP contribution in [0.3, 0.4) is 0 Å². The minimum atomic E-state index is -0.893. The maximum Gasteiger partial charge on any atom is 0.347 e. The molecule has 0 aliphatic heterocycles. The van der Waals surface area contributed by atoms with E-state index in [1.165, 1.54) is 24.4 Å². The molecule has 4 rings (SSSR count). The third kappa shape index (κ3) is 5.54. The highest BCUT2D eigenvalue weighted by molar-refractivity contribution is 6.31. The van der Waals surface area contributed by atoms with Crippen LogP contribution in [0, 0.1) is 0 Å². The molecule has 1 heterocycles. The van der Waals surface area contributed by atoms with Crippen LogP contribution in [0.1, 0.15) is 63.3 Å². The Morgan fingerprint density at radius 1 is 1.25 bits per heavy atom. The quantitative estimate of drug-likeness (QED) is 0.300. The number of fused-ring (bicyclic) bond motifs is 1. The fraction of sp³-hybridized carbons (Fsp3) is 0.407. The molecule has 0 N–H and O–H groups in total. The smallest absolute Gasteiger partial charge is 0.347 e. The summed E-state index contributed by atoms with van der Waals surface area (Å²) < 4.78 is 17.8. The molecule has 0 unspecified atom stereocenters. The van der Waals surface area contributed by atoms with Gasteiger partial charge in [-0.3, -0.25) is 4.79 Å². The maximum absolute atomic E-state index is 13.5. The predicted molar refractivity (Wildman–Crippen MR) is 140 cm³/mol. The fourth-order valence-corrected chi connectivity index (χ4v) is 4.66. The van der Waals surface area contributed by atoms with Gasteiger partial charge in [0, 0.05) is 22.6 Å². The molecule has 1 atom stereocenters. The summed E-state index contributed by atoms with van der Waals surface area (Å²) in [6, 6.07) is 10.5. The molecule has 9 heteroatoms. The second kappa shape index (κ2) is 11.6. The molecule has 2 aromatic carbocycles. The zero-order valence-corrected chi connectivity index (χ0v) is 21.5. The van der Waals surface area contributed by atoms with Crippen LogP contribution in [0.15, 0.2) is 46.3 Å². The SMILES string of the molecule is CCOC(=O)[C@H](C)Oc1c(C=Nn2c(C3CCCCC3)nc3ccccc3c2=O)cc(Cl)cc1OC. The van der Waals surface area contributed by atoms with E-state index in [0.29, 0.717) is 33.1 Å². The summed E-state index contributed by atoms with van der Waals surface area (Å²) in [4.78, 5) is 30.5. The Bertz CT molecular complexity index is 1330. The van der Waals surface area contributed by atoms with Crippen molar-refractivity contribution < 1.29 is 19.0 Å². The van der Waals surface area contributed by atoms with E-state index < -0.39 is 12.1 Å². The second-order valence-electron chi connectivity index (χ2n) is 8.72. The highest BCUT2D eigenvalue weighted by atomic mass is 35.5. The van der Waals surface area contributed by atoms with Crippen molar-refractivity contribution in [1.29, 1.82) is 0 Å². The first-order chi connectivity index (χ1) is 17.4. The van der Waals surface area contributed by atoms with Crippen LogP contribution in [-0.4, -0.2) is 41.7 Å². The minimum absolute atomic E-state index is 0.140. The number of aromatic nitrogens is 2. The largest absolute Gasteiger partial charge is 0.493 e. The Balaban J connectivity index is 1.81. The summed E-state index contributed by atoms with van der Waals surface area (Å²) in [6.07, 6.45) is 5.87. The number of rotatable bonds is 8. The molecule has 0 radical (unpaired) electrons. The molecule has 36 heavy (non-hydrogen) atoms. The lowest BCUT2D eigenvalue weighted by atomic mass is 9.88. The fourth-order valence-electron chi connectivity index (χ4n) is 4.44. The first-order valence-corrected chi connectivity index (χ1v) is 12.6. The molecule has 0 bridgehead atoms. The summed E-state index contributed by atoms with van der Waals surface area (Å²) in [6.45, 7) is 3.55. The van der Waals surface area contributed by atoms with E-state index in [2.05, 4.69) is 5.10 Å². The van der Waals surface area contributed by atoms with E-state index in [0.717, 1.165) is 25.7 Å². The standard InChI is InChI=1S/C27H30ClN3O5/c1-4-35-27(33)17(2)36-24-19(14-20(28)15-23(24)34-3)16-29-31-25(18-10-6-5-7-11-18)30-22-13-9-8-12-21(22)26(31)32/h8-9,12-18H,4-7,10-11H2,1-3H3/t17-/m0/s1. The first-order valence-electron chi connectivity index (χ1n) is 12.2. The van der Waals surface area contributed by atoms with Gasteiger partial charge in [-0.2, -0.15) is 9.78 Å². The highest BCUT2D eigenvalue weighted by Crippen LogP contribution is 2.35. The number of halogens is 1. The summed E-state index contributed by atoms with van der Waals surface area (Å²) in [7, 11) is 1.48. The summed E-state index contributed by atoms with van der Waals surface area (Å²) in [5, 5.41) is 5.45. The number of methoxy groups -OCH3 is 1. The third-order valence-electron chi connectivity index (χ3n) is 6.24. The van der Waals surface area contributed by atoms with E-state index in [-0.39, 0.29) is 23.8 Å². The average molecular weight is 512 g/mol. The van der Waals surface area contributed by atoms with Gasteiger partial charge in [0.1, 0.15) is 5.82 Å². The van der Waals surface area contributed by atoms with E-state index in [9.17, 15) is 9.59 Å². The van der Waals surface area contributed by atoms with Gasteiger partial charge in [-0.15, -0.1) is 0 Å².